The Morgan fingerprint density at radius 1 is 1.40 bits per heavy atom. The van der Waals surface area contributed by atoms with Crippen molar-refractivity contribution in [1.29, 1.82) is 0 Å². The third kappa shape index (κ3) is 4.59. The molecule has 0 aliphatic carbocycles. The fourth-order valence-corrected chi connectivity index (χ4v) is 2.78. The van der Waals surface area contributed by atoms with Gasteiger partial charge in [0.2, 0.25) is 15.9 Å². The fraction of sp³-hybridized carbons (Fsp3) is 0.462. The summed E-state index contributed by atoms with van der Waals surface area (Å²) in [5, 5.41) is 7.79. The molecule has 1 rings (SSSR count). The predicted octanol–water partition coefficient (Wildman–Crippen LogP) is 1.10. The van der Waals surface area contributed by atoms with Gasteiger partial charge in [-0.25, -0.2) is 13.6 Å². The second-order valence-corrected chi connectivity index (χ2v) is 6.30. The maximum Gasteiger partial charge on any atom is 0.238 e. The van der Waals surface area contributed by atoms with Gasteiger partial charge in [0.15, 0.2) is 0 Å². The van der Waals surface area contributed by atoms with E-state index >= 15 is 0 Å². The molecule has 7 heteroatoms. The van der Waals surface area contributed by atoms with Crippen molar-refractivity contribution < 1.29 is 13.2 Å². The highest BCUT2D eigenvalue weighted by Gasteiger charge is 2.15. The Bertz CT molecular complexity index is 585. The number of anilines is 1. The second kappa shape index (κ2) is 6.83. The molecule has 0 aromatic heterocycles. The number of carbonyl (C=O) groups excluding carboxylic acids is 1. The van der Waals surface area contributed by atoms with Gasteiger partial charge in [0.1, 0.15) is 0 Å². The van der Waals surface area contributed by atoms with Crippen LogP contribution < -0.4 is 16.2 Å². The van der Waals surface area contributed by atoms with Gasteiger partial charge < -0.3 is 11.1 Å². The molecule has 0 heterocycles. The molecule has 0 spiro atoms. The number of hydrogen-bond donors (Lipinski definition) is 3. The van der Waals surface area contributed by atoms with Crippen molar-refractivity contribution >= 4 is 21.6 Å². The highest BCUT2D eigenvalue weighted by atomic mass is 32.2. The summed E-state index contributed by atoms with van der Waals surface area (Å²) in [5.41, 5.74) is 6.66. The van der Waals surface area contributed by atoms with E-state index in [9.17, 15) is 13.2 Å². The SMILES string of the molecule is CCCC(N)CC(=O)Nc1cccc(S(N)(=O)=O)c1C. The quantitative estimate of drug-likeness (QED) is 0.729. The molecule has 6 nitrogen and oxygen atoms in total. The molecule has 1 atom stereocenters. The topological polar surface area (TPSA) is 115 Å². The van der Waals surface area contributed by atoms with Gasteiger partial charge in [0, 0.05) is 18.2 Å². The molecule has 1 amide bonds. The number of nitrogens with one attached hydrogen (secondary N) is 1. The molecule has 112 valence electrons. The molecule has 1 aromatic carbocycles. The van der Waals surface area contributed by atoms with Crippen LogP contribution in [0.4, 0.5) is 5.69 Å². The van der Waals surface area contributed by atoms with Gasteiger partial charge >= 0.3 is 0 Å². The second-order valence-electron chi connectivity index (χ2n) is 4.77. The zero-order chi connectivity index (χ0) is 15.3. The Balaban J connectivity index is 2.86. The van der Waals surface area contributed by atoms with Crippen LogP contribution in [-0.2, 0) is 14.8 Å². The van der Waals surface area contributed by atoms with Crippen molar-refractivity contribution in [1.82, 2.24) is 0 Å². The minimum Gasteiger partial charge on any atom is -0.327 e. The van der Waals surface area contributed by atoms with Crippen molar-refractivity contribution in [2.75, 3.05) is 5.32 Å². The van der Waals surface area contributed by atoms with Crippen LogP contribution in [0, 0.1) is 6.92 Å². The van der Waals surface area contributed by atoms with Crippen LogP contribution in [0.5, 0.6) is 0 Å². The highest BCUT2D eigenvalue weighted by Crippen LogP contribution is 2.22. The lowest BCUT2D eigenvalue weighted by molar-refractivity contribution is -0.116. The van der Waals surface area contributed by atoms with Crippen LogP contribution in [0.15, 0.2) is 23.1 Å². The molecule has 1 unspecified atom stereocenters. The van der Waals surface area contributed by atoms with Crippen LogP contribution in [0.25, 0.3) is 0 Å². The van der Waals surface area contributed by atoms with E-state index in [0.717, 1.165) is 12.8 Å². The standard InChI is InChI=1S/C13H21N3O3S/c1-3-5-10(14)8-13(17)16-11-6-4-7-12(9(11)2)20(15,18)19/h4,6-7,10H,3,5,8,14H2,1-2H3,(H,16,17)(H2,15,18,19). The maximum absolute atomic E-state index is 11.8. The minimum absolute atomic E-state index is 0.00755. The summed E-state index contributed by atoms with van der Waals surface area (Å²) in [6.07, 6.45) is 1.88. The highest BCUT2D eigenvalue weighted by molar-refractivity contribution is 7.89. The zero-order valence-electron chi connectivity index (χ0n) is 11.7. The molecular formula is C13H21N3O3S. The number of primary sulfonamides is 1. The van der Waals surface area contributed by atoms with Crippen molar-refractivity contribution in [3.8, 4) is 0 Å². The third-order valence-electron chi connectivity index (χ3n) is 2.97. The first-order valence-corrected chi connectivity index (χ1v) is 7.98. The Morgan fingerprint density at radius 3 is 2.60 bits per heavy atom. The van der Waals surface area contributed by atoms with Gasteiger partial charge in [-0.1, -0.05) is 19.4 Å². The number of rotatable bonds is 6. The summed E-state index contributed by atoms with van der Waals surface area (Å²) >= 11 is 0. The monoisotopic (exact) mass is 299 g/mol. The molecule has 0 fully saturated rings. The Labute approximate surface area is 119 Å². The van der Waals surface area contributed by atoms with E-state index < -0.39 is 10.0 Å². The normalized spacial score (nSPS) is 13.0. The van der Waals surface area contributed by atoms with Gasteiger partial charge in [-0.15, -0.1) is 0 Å². The van der Waals surface area contributed by atoms with Crippen molar-refractivity contribution in [2.45, 2.75) is 44.0 Å². The van der Waals surface area contributed by atoms with Crippen LogP contribution in [0.1, 0.15) is 31.7 Å². The van der Waals surface area contributed by atoms with Gasteiger partial charge in [-0.05, 0) is 31.0 Å². The van der Waals surface area contributed by atoms with E-state index in [1.54, 1.807) is 13.0 Å². The Hall–Kier alpha value is -1.44. The third-order valence-corrected chi connectivity index (χ3v) is 4.03. The molecule has 0 saturated carbocycles. The molecular weight excluding hydrogens is 278 g/mol. The molecule has 0 aliphatic rings. The molecule has 0 saturated heterocycles. The largest absolute Gasteiger partial charge is 0.327 e. The Kier molecular flexibility index (Phi) is 5.67. The summed E-state index contributed by atoms with van der Waals surface area (Å²) in [6.45, 7) is 3.60. The number of amides is 1. The molecule has 20 heavy (non-hydrogen) atoms. The van der Waals surface area contributed by atoms with E-state index in [1.807, 2.05) is 6.92 Å². The first-order valence-electron chi connectivity index (χ1n) is 6.43. The number of benzene rings is 1. The van der Waals surface area contributed by atoms with Gasteiger partial charge in [0.25, 0.3) is 0 Å². The summed E-state index contributed by atoms with van der Waals surface area (Å²) < 4.78 is 22.8. The summed E-state index contributed by atoms with van der Waals surface area (Å²) in [4.78, 5) is 11.8. The summed E-state index contributed by atoms with van der Waals surface area (Å²) in [5.74, 6) is -0.236. The minimum atomic E-state index is -3.80. The van der Waals surface area contributed by atoms with Crippen molar-refractivity contribution in [3.63, 3.8) is 0 Å². The van der Waals surface area contributed by atoms with Crippen LogP contribution in [0.3, 0.4) is 0 Å². The van der Waals surface area contributed by atoms with Crippen molar-refractivity contribution in [2.24, 2.45) is 10.9 Å². The Morgan fingerprint density at radius 2 is 2.05 bits per heavy atom. The lowest BCUT2D eigenvalue weighted by atomic mass is 10.1. The van der Waals surface area contributed by atoms with Gasteiger partial charge in [-0.3, -0.25) is 4.79 Å². The van der Waals surface area contributed by atoms with Gasteiger partial charge in [0.05, 0.1) is 4.90 Å². The first-order chi connectivity index (χ1) is 9.25. The van der Waals surface area contributed by atoms with E-state index in [-0.39, 0.29) is 23.3 Å². The van der Waals surface area contributed by atoms with Crippen LogP contribution in [-0.4, -0.2) is 20.4 Å². The average molecular weight is 299 g/mol. The van der Waals surface area contributed by atoms with Crippen LogP contribution >= 0.6 is 0 Å². The fourth-order valence-electron chi connectivity index (χ4n) is 1.97. The summed E-state index contributed by atoms with van der Waals surface area (Å²) in [7, 11) is -3.80. The van der Waals surface area contributed by atoms with Crippen LogP contribution in [0.2, 0.25) is 0 Å². The van der Waals surface area contributed by atoms with E-state index in [2.05, 4.69) is 5.32 Å². The smallest absolute Gasteiger partial charge is 0.238 e. The number of sulfonamides is 1. The van der Waals surface area contributed by atoms with Crippen molar-refractivity contribution in [3.05, 3.63) is 23.8 Å². The number of hydrogen-bond acceptors (Lipinski definition) is 4. The first kappa shape index (κ1) is 16.6. The van der Waals surface area contributed by atoms with E-state index in [1.165, 1.54) is 12.1 Å². The number of nitrogens with two attached hydrogens (primary N) is 2. The maximum atomic E-state index is 11.8. The molecule has 0 radical (unpaired) electrons. The summed E-state index contributed by atoms with van der Waals surface area (Å²) in [6, 6.07) is 4.38. The zero-order valence-corrected chi connectivity index (χ0v) is 12.5. The molecule has 0 bridgehead atoms. The average Bonchev–Trinajstić information content (AvgIpc) is 2.30. The van der Waals surface area contributed by atoms with Gasteiger partial charge in [-0.2, -0.15) is 0 Å². The molecule has 5 N–H and O–H groups in total. The van der Waals surface area contributed by atoms with E-state index in [0.29, 0.717) is 11.3 Å². The lowest BCUT2D eigenvalue weighted by Gasteiger charge is -2.13. The lowest BCUT2D eigenvalue weighted by Crippen LogP contribution is -2.27. The number of carbonyl (C=O) groups is 1. The van der Waals surface area contributed by atoms with E-state index in [4.69, 9.17) is 10.9 Å². The molecule has 0 aliphatic heterocycles. The molecule has 1 aromatic rings. The predicted molar refractivity (Wildman–Crippen MR) is 78.7 cm³/mol.